The van der Waals surface area contributed by atoms with Gasteiger partial charge in [-0.05, 0) is 35.0 Å². The fraction of sp³-hybridized carbons (Fsp3) is 0. The standard InChI is InChI=1S/C42H24N4/c1-2-13-26(14-3-1)40-29-17-6-7-18-30(29)42(44-43-40)46-35-23-22-25-12-4-5-15-27(25)37(35)39-36(46)24-32-28-16-8-10-20-33(28)45-34-21-11-9-19-31(34)38(39)41(32)45/h1-24H. The zero-order chi connectivity index (χ0) is 29.9. The van der Waals surface area contributed by atoms with Gasteiger partial charge in [0.1, 0.15) is 5.69 Å². The molecule has 212 valence electrons. The number of nitrogens with zero attached hydrogens (tertiary/aromatic N) is 4. The second-order valence-electron chi connectivity index (χ2n) is 12.2. The number of fused-ring (bicyclic) bond motifs is 13. The molecule has 0 spiro atoms. The smallest absolute Gasteiger partial charge is 0.168 e. The molecule has 0 aliphatic carbocycles. The van der Waals surface area contributed by atoms with E-state index in [9.17, 15) is 0 Å². The Bertz CT molecular complexity index is 3020. The van der Waals surface area contributed by atoms with Crippen molar-refractivity contribution in [3.05, 3.63) is 146 Å². The number of rotatable bonds is 2. The zero-order valence-corrected chi connectivity index (χ0v) is 24.6. The first-order valence-electron chi connectivity index (χ1n) is 15.7. The van der Waals surface area contributed by atoms with Crippen molar-refractivity contribution in [2.24, 2.45) is 0 Å². The van der Waals surface area contributed by atoms with Crippen LogP contribution >= 0.6 is 0 Å². The quantitative estimate of drug-likeness (QED) is 0.203. The third-order valence-electron chi connectivity index (χ3n) is 9.92. The monoisotopic (exact) mass is 584 g/mol. The van der Waals surface area contributed by atoms with Gasteiger partial charge in [-0.2, -0.15) is 0 Å². The summed E-state index contributed by atoms with van der Waals surface area (Å²) in [6, 6.07) is 52.2. The average molecular weight is 585 g/mol. The Morgan fingerprint density at radius 3 is 1.87 bits per heavy atom. The Morgan fingerprint density at radius 1 is 0.391 bits per heavy atom. The van der Waals surface area contributed by atoms with Crippen LogP contribution in [0.15, 0.2) is 146 Å². The van der Waals surface area contributed by atoms with E-state index in [1.54, 1.807) is 0 Å². The van der Waals surface area contributed by atoms with E-state index in [0.717, 1.165) is 38.9 Å². The van der Waals surface area contributed by atoms with Gasteiger partial charge in [0.25, 0.3) is 0 Å². The molecule has 0 bridgehead atoms. The van der Waals surface area contributed by atoms with Crippen LogP contribution in [0.2, 0.25) is 0 Å². The molecular formula is C42H24N4. The molecule has 0 amide bonds. The van der Waals surface area contributed by atoms with E-state index in [2.05, 4.69) is 148 Å². The van der Waals surface area contributed by atoms with Crippen molar-refractivity contribution in [3.63, 3.8) is 0 Å². The van der Waals surface area contributed by atoms with Crippen molar-refractivity contribution in [3.8, 4) is 17.1 Å². The molecule has 0 atom stereocenters. The Kier molecular flexibility index (Phi) is 4.55. The Balaban J connectivity index is 1.42. The highest BCUT2D eigenvalue weighted by molar-refractivity contribution is 6.38. The largest absolute Gasteiger partial charge is 0.308 e. The molecule has 0 saturated heterocycles. The zero-order valence-electron chi connectivity index (χ0n) is 24.6. The molecule has 0 unspecified atom stereocenters. The molecule has 4 nitrogen and oxygen atoms in total. The van der Waals surface area contributed by atoms with Gasteiger partial charge in [0.15, 0.2) is 5.82 Å². The summed E-state index contributed by atoms with van der Waals surface area (Å²) in [6.45, 7) is 0. The molecule has 4 aromatic heterocycles. The molecule has 0 N–H and O–H groups in total. The number of para-hydroxylation sites is 2. The number of benzene rings is 7. The molecule has 11 rings (SSSR count). The van der Waals surface area contributed by atoms with Crippen LogP contribution in [0.4, 0.5) is 0 Å². The number of hydrogen-bond donors (Lipinski definition) is 0. The van der Waals surface area contributed by atoms with Crippen molar-refractivity contribution in [1.82, 2.24) is 19.2 Å². The van der Waals surface area contributed by atoms with Gasteiger partial charge in [-0.15, -0.1) is 10.2 Å². The van der Waals surface area contributed by atoms with Gasteiger partial charge in [-0.3, -0.25) is 4.57 Å². The summed E-state index contributed by atoms with van der Waals surface area (Å²) in [4.78, 5) is 0. The van der Waals surface area contributed by atoms with E-state index in [4.69, 9.17) is 10.2 Å². The van der Waals surface area contributed by atoms with Crippen molar-refractivity contribution < 1.29 is 0 Å². The fourth-order valence-corrected chi connectivity index (χ4v) is 8.07. The predicted molar refractivity (Wildman–Crippen MR) is 191 cm³/mol. The van der Waals surface area contributed by atoms with Gasteiger partial charge < -0.3 is 4.40 Å². The number of hydrogen-bond acceptors (Lipinski definition) is 2. The second kappa shape index (κ2) is 8.68. The summed E-state index contributed by atoms with van der Waals surface area (Å²) in [5, 5.41) is 22.2. The predicted octanol–water partition coefficient (Wildman–Crippen LogP) is 10.7. The molecule has 4 heterocycles. The lowest BCUT2D eigenvalue weighted by Crippen LogP contribution is -2.02. The van der Waals surface area contributed by atoms with Crippen LogP contribution in [0.3, 0.4) is 0 Å². The van der Waals surface area contributed by atoms with E-state index in [0.29, 0.717) is 0 Å². The van der Waals surface area contributed by atoms with E-state index in [-0.39, 0.29) is 0 Å². The highest BCUT2D eigenvalue weighted by Gasteiger charge is 2.26. The molecule has 0 radical (unpaired) electrons. The van der Waals surface area contributed by atoms with Gasteiger partial charge >= 0.3 is 0 Å². The van der Waals surface area contributed by atoms with Crippen molar-refractivity contribution in [2.45, 2.75) is 0 Å². The van der Waals surface area contributed by atoms with Gasteiger partial charge in [0.2, 0.25) is 0 Å². The molecule has 0 fully saturated rings. The third-order valence-corrected chi connectivity index (χ3v) is 9.92. The first-order chi connectivity index (χ1) is 22.9. The molecular weight excluding hydrogens is 560 g/mol. The topological polar surface area (TPSA) is 35.1 Å². The minimum atomic E-state index is 0.840. The van der Waals surface area contributed by atoms with Crippen LogP contribution in [-0.2, 0) is 0 Å². The minimum absolute atomic E-state index is 0.840. The lowest BCUT2D eigenvalue weighted by atomic mass is 9.99. The van der Waals surface area contributed by atoms with Crippen LogP contribution < -0.4 is 0 Å². The third kappa shape index (κ3) is 2.94. The minimum Gasteiger partial charge on any atom is -0.308 e. The molecule has 7 aromatic carbocycles. The van der Waals surface area contributed by atoms with Crippen molar-refractivity contribution in [1.29, 1.82) is 0 Å². The summed E-state index contributed by atoms with van der Waals surface area (Å²) in [6.07, 6.45) is 0. The normalized spacial score (nSPS) is 12.3. The lowest BCUT2D eigenvalue weighted by Gasteiger charge is -2.13. The molecule has 0 saturated carbocycles. The SMILES string of the molecule is c1ccc(-c2nnc(-n3c4ccc5ccccc5c4c4c5c6ccccc6n6c7ccccc7c(cc43)c56)c3ccccc23)cc1. The first-order valence-corrected chi connectivity index (χ1v) is 15.7. The maximum Gasteiger partial charge on any atom is 0.168 e. The Hall–Kier alpha value is -6.26. The average Bonchev–Trinajstić information content (AvgIpc) is 3.76. The van der Waals surface area contributed by atoms with Gasteiger partial charge in [0.05, 0.1) is 27.6 Å². The van der Waals surface area contributed by atoms with Crippen LogP contribution in [0.5, 0.6) is 0 Å². The summed E-state index contributed by atoms with van der Waals surface area (Å²) < 4.78 is 4.83. The fourth-order valence-electron chi connectivity index (χ4n) is 8.07. The van der Waals surface area contributed by atoms with E-state index < -0.39 is 0 Å². The van der Waals surface area contributed by atoms with E-state index in [1.165, 1.54) is 59.6 Å². The lowest BCUT2D eigenvalue weighted by molar-refractivity contribution is 0.977. The summed E-state index contributed by atoms with van der Waals surface area (Å²) >= 11 is 0. The van der Waals surface area contributed by atoms with Crippen LogP contribution in [-0.4, -0.2) is 19.2 Å². The van der Waals surface area contributed by atoms with Crippen molar-refractivity contribution in [2.75, 3.05) is 0 Å². The van der Waals surface area contributed by atoms with Crippen molar-refractivity contribution >= 4 is 81.4 Å². The van der Waals surface area contributed by atoms with E-state index >= 15 is 0 Å². The summed E-state index contributed by atoms with van der Waals surface area (Å²) in [7, 11) is 0. The number of aromatic nitrogens is 4. The van der Waals surface area contributed by atoms with Gasteiger partial charge in [-0.1, -0.05) is 121 Å². The molecule has 0 aliphatic rings. The highest BCUT2D eigenvalue weighted by Crippen LogP contribution is 2.48. The van der Waals surface area contributed by atoms with Crippen LogP contribution in [0.25, 0.3) is 98.5 Å². The first kappa shape index (κ1) is 24.1. The van der Waals surface area contributed by atoms with E-state index in [1.807, 2.05) is 6.07 Å². The molecule has 11 aromatic rings. The molecule has 0 aliphatic heterocycles. The second-order valence-corrected chi connectivity index (χ2v) is 12.2. The van der Waals surface area contributed by atoms with Gasteiger partial charge in [0, 0.05) is 48.7 Å². The maximum absolute atomic E-state index is 5.06. The van der Waals surface area contributed by atoms with Gasteiger partial charge in [-0.25, -0.2) is 0 Å². The maximum atomic E-state index is 5.06. The Morgan fingerprint density at radius 2 is 1.04 bits per heavy atom. The Labute approximate surface area is 262 Å². The summed E-state index contributed by atoms with van der Waals surface area (Å²) in [5.41, 5.74) is 7.96. The van der Waals surface area contributed by atoms with Crippen LogP contribution in [0.1, 0.15) is 0 Å². The van der Waals surface area contributed by atoms with Crippen LogP contribution in [0, 0.1) is 0 Å². The molecule has 4 heteroatoms. The summed E-state index contributed by atoms with van der Waals surface area (Å²) in [5.74, 6) is 0.840. The highest BCUT2D eigenvalue weighted by atomic mass is 15.2. The molecule has 46 heavy (non-hydrogen) atoms.